The minimum Gasteiger partial charge on any atom is -0.859 e. The van der Waals surface area contributed by atoms with E-state index in [-0.39, 0.29) is 11.6 Å². The molecule has 0 aliphatic rings. The van der Waals surface area contributed by atoms with Crippen molar-refractivity contribution in [3.63, 3.8) is 0 Å². The molecule has 0 fully saturated rings. The maximum absolute atomic E-state index is 11.5. The normalized spacial score (nSPS) is 14.2. The van der Waals surface area contributed by atoms with Gasteiger partial charge in [-0.1, -0.05) is 79.8 Å². The van der Waals surface area contributed by atoms with Gasteiger partial charge in [0.25, 0.3) is 0 Å². The Kier molecular flexibility index (Phi) is 7.00. The number of hydrogen-bond donors (Lipinski definition) is 0. The van der Waals surface area contributed by atoms with E-state index in [1.807, 2.05) is 24.3 Å². The van der Waals surface area contributed by atoms with Crippen LogP contribution in [-0.4, -0.2) is 18.0 Å². The number of rotatable bonds is 5. The highest BCUT2D eigenvalue weighted by atomic mass is 35.6. The second-order valence-corrected chi connectivity index (χ2v) is 14.1. The predicted octanol–water partition coefficient (Wildman–Crippen LogP) is 4.84. The molecule has 1 aromatic carbocycles. The van der Waals surface area contributed by atoms with Gasteiger partial charge in [0, 0.05) is 5.90 Å². The molecule has 0 heterocycles. The molecule has 0 bridgehead atoms. The van der Waals surface area contributed by atoms with Crippen LogP contribution in [-0.2, 0) is 17.6 Å². The Morgan fingerprint density at radius 1 is 1.17 bits per heavy atom. The molecule has 23 heavy (non-hydrogen) atoms. The minimum absolute atomic E-state index is 0.163. The number of alkyl halides is 3. The van der Waals surface area contributed by atoms with Crippen molar-refractivity contribution < 1.29 is 9.53 Å². The summed E-state index contributed by atoms with van der Waals surface area (Å²) in [6, 6.07) is 7.75. The summed E-state index contributed by atoms with van der Waals surface area (Å²) in [5.74, 6) is -0.759. The topological polar surface area (TPSA) is 44.6 Å². The van der Waals surface area contributed by atoms with Crippen LogP contribution in [0.25, 0.3) is 0 Å². The molecule has 0 aliphatic heterocycles. The zero-order valence-electron chi connectivity index (χ0n) is 14.1. The van der Waals surface area contributed by atoms with Crippen LogP contribution in [0.1, 0.15) is 31.9 Å². The molecule has 0 spiro atoms. The van der Waals surface area contributed by atoms with Gasteiger partial charge in [0.15, 0.2) is 8.32 Å². The monoisotopic (exact) mass is 394 g/mol. The van der Waals surface area contributed by atoms with Gasteiger partial charge in [0.1, 0.15) is 0 Å². The third-order valence-electron chi connectivity index (χ3n) is 4.04. The first-order valence-corrected chi connectivity index (χ1v) is 11.4. The number of benzene rings is 1. The summed E-state index contributed by atoms with van der Waals surface area (Å²) in [5.41, 5.74) is 1.92. The van der Waals surface area contributed by atoms with E-state index < -0.39 is 18.0 Å². The van der Waals surface area contributed by atoms with Crippen molar-refractivity contribution in [2.75, 3.05) is 0 Å². The molecule has 1 rings (SSSR count). The molecule has 0 atom stereocenters. The fourth-order valence-corrected chi connectivity index (χ4v) is 2.69. The highest BCUT2D eigenvalue weighted by Gasteiger charge is 2.36. The van der Waals surface area contributed by atoms with Gasteiger partial charge >= 0.3 is 0 Å². The Morgan fingerprint density at radius 3 is 2.26 bits per heavy atom. The van der Waals surface area contributed by atoms with E-state index in [0.29, 0.717) is 6.61 Å². The average molecular weight is 396 g/mol. The summed E-state index contributed by atoms with van der Waals surface area (Å²) in [5, 5.41) is 11.7. The fourth-order valence-electron chi connectivity index (χ4n) is 1.55. The average Bonchev–Trinajstić information content (AvgIpc) is 2.41. The maximum Gasteiger partial charge on any atom is 0.218 e. The van der Waals surface area contributed by atoms with E-state index >= 15 is 0 Å². The third kappa shape index (κ3) is 6.63. The van der Waals surface area contributed by atoms with Crippen LogP contribution in [0.5, 0.6) is 0 Å². The SMILES string of the molecule is CC(C)(C)[Si](C)(C)OCc1cccc(CN=C([O-])C(Cl)(Cl)Cl)c1. The Labute approximate surface area is 154 Å². The number of nitrogens with zero attached hydrogens (tertiary/aromatic N) is 1. The van der Waals surface area contributed by atoms with Crippen LogP contribution in [0.15, 0.2) is 29.3 Å². The van der Waals surface area contributed by atoms with Crippen molar-refractivity contribution in [1.82, 2.24) is 0 Å². The highest BCUT2D eigenvalue weighted by molar-refractivity contribution is 6.75. The van der Waals surface area contributed by atoms with E-state index in [1.54, 1.807) is 0 Å². The van der Waals surface area contributed by atoms with E-state index in [1.165, 1.54) is 0 Å². The van der Waals surface area contributed by atoms with Crippen molar-refractivity contribution in [2.24, 2.45) is 4.99 Å². The molecule has 0 N–H and O–H groups in total. The molecule has 0 aromatic heterocycles. The third-order valence-corrected chi connectivity index (χ3v) is 9.01. The lowest BCUT2D eigenvalue weighted by Gasteiger charge is -2.36. The molecule has 0 amide bonds. The molecular formula is C16H23Cl3NO2Si-. The molecule has 0 aliphatic carbocycles. The number of hydrogen-bond acceptors (Lipinski definition) is 3. The van der Waals surface area contributed by atoms with Gasteiger partial charge in [0.2, 0.25) is 3.79 Å². The maximum atomic E-state index is 11.5. The first-order valence-electron chi connectivity index (χ1n) is 7.33. The summed E-state index contributed by atoms with van der Waals surface area (Å²) >= 11 is 16.5. The number of halogens is 3. The minimum atomic E-state index is -2.00. The first kappa shape index (κ1) is 20.8. The van der Waals surface area contributed by atoms with Gasteiger partial charge in [-0.25, -0.2) is 0 Å². The molecule has 3 nitrogen and oxygen atoms in total. The second-order valence-electron chi connectivity index (χ2n) is 6.99. The van der Waals surface area contributed by atoms with Gasteiger partial charge in [0.05, 0.1) is 13.2 Å². The predicted molar refractivity (Wildman–Crippen MR) is 99.9 cm³/mol. The van der Waals surface area contributed by atoms with Gasteiger partial charge in [-0.2, -0.15) is 0 Å². The summed E-state index contributed by atoms with van der Waals surface area (Å²) in [6.45, 7) is 11.8. The van der Waals surface area contributed by atoms with Gasteiger partial charge in [-0.3, -0.25) is 4.99 Å². The Bertz CT molecular complexity index is 563. The van der Waals surface area contributed by atoms with E-state index in [9.17, 15) is 5.11 Å². The molecule has 0 saturated heterocycles. The Hall–Kier alpha value is -0.263. The van der Waals surface area contributed by atoms with Gasteiger partial charge in [-0.05, 0) is 29.3 Å². The molecule has 0 saturated carbocycles. The molecule has 7 heteroatoms. The summed E-state index contributed by atoms with van der Waals surface area (Å²) in [6.07, 6.45) is 0. The molecule has 0 radical (unpaired) electrons. The van der Waals surface area contributed by atoms with Crippen molar-refractivity contribution in [2.45, 2.75) is 55.8 Å². The Morgan fingerprint density at radius 2 is 1.74 bits per heavy atom. The van der Waals surface area contributed by atoms with Gasteiger partial charge in [-0.15, -0.1) is 0 Å². The van der Waals surface area contributed by atoms with Crippen molar-refractivity contribution in [1.29, 1.82) is 0 Å². The Balaban J connectivity index is 2.75. The lowest BCUT2D eigenvalue weighted by Crippen LogP contribution is -2.40. The summed E-state index contributed by atoms with van der Waals surface area (Å²) in [7, 11) is -1.80. The van der Waals surface area contributed by atoms with Crippen molar-refractivity contribution in [3.05, 3.63) is 35.4 Å². The van der Waals surface area contributed by atoms with Crippen LogP contribution in [0, 0.1) is 0 Å². The molecular weight excluding hydrogens is 373 g/mol. The van der Waals surface area contributed by atoms with Crippen LogP contribution in [0.2, 0.25) is 18.1 Å². The van der Waals surface area contributed by atoms with E-state index in [4.69, 9.17) is 39.2 Å². The smallest absolute Gasteiger partial charge is 0.218 e. The van der Waals surface area contributed by atoms with Crippen LogP contribution < -0.4 is 5.11 Å². The molecule has 130 valence electrons. The summed E-state index contributed by atoms with van der Waals surface area (Å²) < 4.78 is 4.20. The molecule has 0 unspecified atom stereocenters. The standard InChI is InChI=1S/C16H24Cl3NO2Si/c1-15(2,3)23(4,5)22-11-13-8-6-7-12(9-13)10-20-14(21)16(17,18)19/h6-9H,10-11H2,1-5H3,(H,20,21)/p-1. The molecule has 1 aromatic rings. The van der Waals surface area contributed by atoms with Gasteiger partial charge < -0.3 is 9.53 Å². The highest BCUT2D eigenvalue weighted by Crippen LogP contribution is 2.37. The summed E-state index contributed by atoms with van der Waals surface area (Å²) in [4.78, 5) is 3.79. The largest absolute Gasteiger partial charge is 0.859 e. The lowest BCUT2D eigenvalue weighted by molar-refractivity contribution is -0.218. The lowest BCUT2D eigenvalue weighted by atomic mass is 10.1. The van der Waals surface area contributed by atoms with Crippen LogP contribution in [0.3, 0.4) is 0 Å². The number of aliphatic imine (C=N–C) groups is 1. The van der Waals surface area contributed by atoms with E-state index in [2.05, 4.69) is 38.9 Å². The van der Waals surface area contributed by atoms with Crippen molar-refractivity contribution >= 4 is 49.0 Å². The van der Waals surface area contributed by atoms with Crippen molar-refractivity contribution in [3.8, 4) is 0 Å². The fraction of sp³-hybridized carbons (Fsp3) is 0.562. The van der Waals surface area contributed by atoms with E-state index in [0.717, 1.165) is 11.1 Å². The second kappa shape index (κ2) is 7.75. The zero-order valence-corrected chi connectivity index (χ0v) is 17.4. The quantitative estimate of drug-likeness (QED) is 0.310. The van der Waals surface area contributed by atoms with Crippen LogP contribution in [0.4, 0.5) is 0 Å². The van der Waals surface area contributed by atoms with Crippen LogP contribution >= 0.6 is 34.8 Å². The zero-order chi connectivity index (χ0) is 17.9. The first-order chi connectivity index (χ1) is 10.3.